The first-order valence-corrected chi connectivity index (χ1v) is 6.53. The van der Waals surface area contributed by atoms with Gasteiger partial charge in [0.05, 0.1) is 19.4 Å². The number of hydrogen-bond acceptors (Lipinski definition) is 4. The van der Waals surface area contributed by atoms with Crippen molar-refractivity contribution in [2.45, 2.75) is 13.3 Å². The molecule has 108 valence electrons. The molecule has 0 bridgehead atoms. The number of nitrogens with zero attached hydrogens (tertiary/aromatic N) is 2. The van der Waals surface area contributed by atoms with Gasteiger partial charge in [-0.3, -0.25) is 4.68 Å². The fourth-order valence-electron chi connectivity index (χ4n) is 2.26. The molecule has 20 heavy (non-hydrogen) atoms. The molecule has 1 aromatic heterocycles. The number of rotatable bonds is 5. The van der Waals surface area contributed by atoms with E-state index in [-0.39, 0.29) is 0 Å². The molecule has 0 unspecified atom stereocenters. The molecule has 1 aromatic carbocycles. The van der Waals surface area contributed by atoms with E-state index in [2.05, 4.69) is 5.10 Å². The van der Waals surface area contributed by atoms with Crippen molar-refractivity contribution in [3.8, 4) is 16.9 Å². The number of aromatic nitrogens is 2. The Morgan fingerprint density at radius 1 is 1.30 bits per heavy atom. The summed E-state index contributed by atoms with van der Waals surface area (Å²) >= 11 is 0. The van der Waals surface area contributed by atoms with Gasteiger partial charge in [0.1, 0.15) is 11.6 Å². The minimum Gasteiger partial charge on any atom is -0.496 e. The molecule has 0 radical (unpaired) electrons. The van der Waals surface area contributed by atoms with Crippen LogP contribution in [0, 0.1) is 6.92 Å². The number of aryl methyl sites for hydroxylation is 2. The van der Waals surface area contributed by atoms with Crippen LogP contribution in [0.3, 0.4) is 0 Å². The Morgan fingerprint density at radius 3 is 2.70 bits per heavy atom. The summed E-state index contributed by atoms with van der Waals surface area (Å²) in [6.07, 6.45) is 0.729. The molecule has 0 aliphatic rings. The summed E-state index contributed by atoms with van der Waals surface area (Å²) in [5, 5.41) is 4.47. The average molecular weight is 275 g/mol. The lowest BCUT2D eigenvalue weighted by Crippen LogP contribution is -1.98. The second-order valence-corrected chi connectivity index (χ2v) is 4.76. The van der Waals surface area contributed by atoms with Crippen LogP contribution >= 0.6 is 0 Å². The van der Waals surface area contributed by atoms with E-state index in [1.807, 2.05) is 32.2 Å². The molecule has 0 atom stereocenters. The molecule has 0 amide bonds. The van der Waals surface area contributed by atoms with Crippen molar-refractivity contribution >= 4 is 5.82 Å². The van der Waals surface area contributed by atoms with Gasteiger partial charge in [-0.25, -0.2) is 0 Å². The zero-order valence-electron chi connectivity index (χ0n) is 12.4. The van der Waals surface area contributed by atoms with Crippen molar-refractivity contribution in [1.82, 2.24) is 9.78 Å². The van der Waals surface area contributed by atoms with Gasteiger partial charge in [-0.2, -0.15) is 5.10 Å². The number of benzene rings is 1. The fraction of sp³-hybridized carbons (Fsp3) is 0.400. The molecular formula is C15H21N3O2. The molecule has 0 spiro atoms. The number of methoxy groups -OCH3 is 2. The van der Waals surface area contributed by atoms with E-state index in [1.54, 1.807) is 18.9 Å². The summed E-state index contributed by atoms with van der Waals surface area (Å²) in [6.45, 7) is 2.63. The highest BCUT2D eigenvalue weighted by Gasteiger charge is 2.16. The van der Waals surface area contributed by atoms with E-state index in [0.717, 1.165) is 34.6 Å². The smallest absolute Gasteiger partial charge is 0.129 e. The van der Waals surface area contributed by atoms with Crippen LogP contribution in [0.2, 0.25) is 0 Å². The Morgan fingerprint density at radius 2 is 2.05 bits per heavy atom. The third kappa shape index (κ3) is 2.63. The highest BCUT2D eigenvalue weighted by atomic mass is 16.5. The average Bonchev–Trinajstić information content (AvgIpc) is 2.73. The monoisotopic (exact) mass is 275 g/mol. The zero-order valence-corrected chi connectivity index (χ0v) is 12.4. The topological polar surface area (TPSA) is 62.3 Å². The van der Waals surface area contributed by atoms with Gasteiger partial charge in [0.25, 0.3) is 0 Å². The van der Waals surface area contributed by atoms with Gasteiger partial charge in [-0.05, 0) is 24.1 Å². The minimum atomic E-state index is 0.618. The van der Waals surface area contributed by atoms with Crippen LogP contribution in [0.15, 0.2) is 18.2 Å². The van der Waals surface area contributed by atoms with Crippen molar-refractivity contribution in [1.29, 1.82) is 0 Å². The van der Waals surface area contributed by atoms with Crippen LogP contribution in [-0.2, 0) is 18.2 Å². The molecule has 2 rings (SSSR count). The van der Waals surface area contributed by atoms with Gasteiger partial charge in [-0.1, -0.05) is 12.1 Å². The molecule has 0 aliphatic carbocycles. The Hall–Kier alpha value is -2.01. The first-order valence-electron chi connectivity index (χ1n) is 6.53. The van der Waals surface area contributed by atoms with Crippen molar-refractivity contribution in [2.24, 2.45) is 7.05 Å². The van der Waals surface area contributed by atoms with E-state index < -0.39 is 0 Å². The molecule has 2 N–H and O–H groups in total. The maximum absolute atomic E-state index is 6.16. The summed E-state index contributed by atoms with van der Waals surface area (Å²) < 4.78 is 12.2. The molecule has 1 heterocycles. The second kappa shape index (κ2) is 5.96. The molecule has 0 aliphatic heterocycles. The maximum atomic E-state index is 6.16. The molecule has 2 aromatic rings. The van der Waals surface area contributed by atoms with E-state index in [9.17, 15) is 0 Å². The fourth-order valence-corrected chi connectivity index (χ4v) is 2.26. The number of anilines is 1. The van der Waals surface area contributed by atoms with E-state index in [1.165, 1.54) is 0 Å². The van der Waals surface area contributed by atoms with Crippen LogP contribution < -0.4 is 10.5 Å². The quantitative estimate of drug-likeness (QED) is 0.908. The molecule has 5 nitrogen and oxygen atoms in total. The van der Waals surface area contributed by atoms with Crippen molar-refractivity contribution in [2.75, 3.05) is 26.6 Å². The lowest BCUT2D eigenvalue weighted by Gasteiger charge is -2.09. The molecule has 5 heteroatoms. The van der Waals surface area contributed by atoms with Crippen molar-refractivity contribution < 1.29 is 9.47 Å². The van der Waals surface area contributed by atoms with E-state index in [4.69, 9.17) is 15.2 Å². The number of ether oxygens (including phenoxy) is 2. The van der Waals surface area contributed by atoms with Gasteiger partial charge in [-0.15, -0.1) is 0 Å². The molecular weight excluding hydrogens is 254 g/mol. The predicted octanol–water partition coefficient (Wildman–Crippen LogP) is 2.18. The molecule has 0 saturated carbocycles. The van der Waals surface area contributed by atoms with Gasteiger partial charge in [0.15, 0.2) is 0 Å². The van der Waals surface area contributed by atoms with Gasteiger partial charge >= 0.3 is 0 Å². The van der Waals surface area contributed by atoms with Crippen LogP contribution in [0.1, 0.15) is 11.3 Å². The Kier molecular flexibility index (Phi) is 4.29. The first kappa shape index (κ1) is 14.4. The van der Waals surface area contributed by atoms with E-state index >= 15 is 0 Å². The first-order chi connectivity index (χ1) is 9.58. The highest BCUT2D eigenvalue weighted by Crippen LogP contribution is 2.33. The lowest BCUT2D eigenvalue weighted by molar-refractivity contribution is 0.201. The zero-order chi connectivity index (χ0) is 14.7. The largest absolute Gasteiger partial charge is 0.496 e. The molecule has 0 saturated heterocycles. The van der Waals surface area contributed by atoms with Crippen LogP contribution in [0.25, 0.3) is 11.1 Å². The standard InChI is InChI=1S/C15H21N3O2/c1-10-5-6-11(9-13(10)20-4)14-12(7-8-19-3)17-18(2)15(14)16/h5-6,9H,7-8,16H2,1-4H3. The number of nitrogens with two attached hydrogens (primary N) is 1. The second-order valence-electron chi connectivity index (χ2n) is 4.76. The third-order valence-electron chi connectivity index (χ3n) is 3.40. The van der Waals surface area contributed by atoms with Gasteiger partial charge in [0, 0.05) is 26.1 Å². The highest BCUT2D eigenvalue weighted by molar-refractivity contribution is 5.78. The van der Waals surface area contributed by atoms with Crippen LogP contribution in [0.4, 0.5) is 5.82 Å². The van der Waals surface area contributed by atoms with Gasteiger partial charge < -0.3 is 15.2 Å². The van der Waals surface area contributed by atoms with E-state index in [0.29, 0.717) is 12.4 Å². The summed E-state index contributed by atoms with van der Waals surface area (Å²) in [5.74, 6) is 1.51. The van der Waals surface area contributed by atoms with Crippen LogP contribution in [-0.4, -0.2) is 30.6 Å². The minimum absolute atomic E-state index is 0.618. The normalized spacial score (nSPS) is 10.8. The maximum Gasteiger partial charge on any atom is 0.129 e. The summed E-state index contributed by atoms with van der Waals surface area (Å²) in [5.41, 5.74) is 10.2. The summed E-state index contributed by atoms with van der Waals surface area (Å²) in [4.78, 5) is 0. The molecule has 0 fully saturated rings. The van der Waals surface area contributed by atoms with Crippen LogP contribution in [0.5, 0.6) is 5.75 Å². The Balaban J connectivity index is 2.50. The summed E-state index contributed by atoms with van der Waals surface area (Å²) in [7, 11) is 5.20. The number of hydrogen-bond donors (Lipinski definition) is 1. The predicted molar refractivity (Wildman–Crippen MR) is 79.9 cm³/mol. The van der Waals surface area contributed by atoms with Crippen molar-refractivity contribution in [3.63, 3.8) is 0 Å². The third-order valence-corrected chi connectivity index (χ3v) is 3.40. The van der Waals surface area contributed by atoms with Crippen molar-refractivity contribution in [3.05, 3.63) is 29.5 Å². The van der Waals surface area contributed by atoms with Gasteiger partial charge in [0.2, 0.25) is 0 Å². The Labute approximate surface area is 119 Å². The summed E-state index contributed by atoms with van der Waals surface area (Å²) in [6, 6.07) is 6.07. The SMILES string of the molecule is COCCc1nn(C)c(N)c1-c1ccc(C)c(OC)c1. The lowest BCUT2D eigenvalue weighted by atomic mass is 10.0. The Bertz CT molecular complexity index is 605. The number of nitrogen functional groups attached to an aromatic ring is 1.